The SMILES string of the molecule is CC(C(=O)N(C)CC(=O)N1CCCCCC1c1cccn1C)n1cccn1. The topological polar surface area (TPSA) is 63.4 Å². The summed E-state index contributed by atoms with van der Waals surface area (Å²) >= 11 is 0. The van der Waals surface area contributed by atoms with Gasteiger partial charge in [0.25, 0.3) is 0 Å². The van der Waals surface area contributed by atoms with Gasteiger partial charge in [-0.25, -0.2) is 0 Å². The molecule has 3 heterocycles. The number of hydrogen-bond donors (Lipinski definition) is 0. The van der Waals surface area contributed by atoms with Gasteiger partial charge in [0, 0.05) is 44.9 Å². The van der Waals surface area contributed by atoms with Crippen molar-refractivity contribution in [3.8, 4) is 0 Å². The summed E-state index contributed by atoms with van der Waals surface area (Å²) in [6, 6.07) is 5.55. The van der Waals surface area contributed by atoms with E-state index in [4.69, 9.17) is 0 Å². The van der Waals surface area contributed by atoms with Gasteiger partial charge in [-0.2, -0.15) is 5.10 Å². The lowest BCUT2D eigenvalue weighted by Crippen LogP contribution is -2.44. The minimum atomic E-state index is -0.425. The summed E-state index contributed by atoms with van der Waals surface area (Å²) in [6.45, 7) is 2.63. The van der Waals surface area contributed by atoms with Crippen molar-refractivity contribution in [1.29, 1.82) is 0 Å². The molecule has 7 nitrogen and oxygen atoms in total. The van der Waals surface area contributed by atoms with Crippen LogP contribution < -0.4 is 0 Å². The second-order valence-electron chi connectivity index (χ2n) is 7.35. The summed E-state index contributed by atoms with van der Waals surface area (Å²) in [5, 5.41) is 4.13. The Kier molecular flexibility index (Phi) is 5.98. The zero-order valence-corrected chi connectivity index (χ0v) is 16.4. The highest BCUT2D eigenvalue weighted by Gasteiger charge is 2.30. The Morgan fingerprint density at radius 2 is 2.07 bits per heavy atom. The highest BCUT2D eigenvalue weighted by Crippen LogP contribution is 2.30. The zero-order valence-electron chi connectivity index (χ0n) is 16.4. The maximum atomic E-state index is 13.1. The first-order chi connectivity index (χ1) is 13.0. The molecule has 0 bridgehead atoms. The molecule has 1 aliphatic heterocycles. The van der Waals surface area contributed by atoms with Crippen LogP contribution in [0.5, 0.6) is 0 Å². The third-order valence-electron chi connectivity index (χ3n) is 5.43. The number of likely N-dealkylation sites (tertiary alicyclic amines) is 1. The molecule has 1 fully saturated rings. The predicted octanol–water partition coefficient (Wildman–Crippen LogP) is 2.38. The monoisotopic (exact) mass is 371 g/mol. The van der Waals surface area contributed by atoms with Crippen molar-refractivity contribution < 1.29 is 9.59 Å². The minimum Gasteiger partial charge on any atom is -0.353 e. The van der Waals surface area contributed by atoms with Crippen molar-refractivity contribution >= 4 is 11.8 Å². The average molecular weight is 371 g/mol. The van der Waals surface area contributed by atoms with Gasteiger partial charge in [0.2, 0.25) is 11.8 Å². The Balaban J connectivity index is 1.70. The molecule has 2 unspecified atom stereocenters. The smallest absolute Gasteiger partial charge is 0.247 e. The molecule has 3 rings (SSSR count). The molecule has 0 saturated carbocycles. The first kappa shape index (κ1) is 19.2. The third-order valence-corrected chi connectivity index (χ3v) is 5.43. The van der Waals surface area contributed by atoms with Gasteiger partial charge in [0.1, 0.15) is 6.04 Å². The van der Waals surface area contributed by atoms with Crippen LogP contribution in [0.4, 0.5) is 0 Å². The Labute approximate surface area is 160 Å². The molecule has 2 atom stereocenters. The van der Waals surface area contributed by atoms with E-state index in [1.54, 1.807) is 37.1 Å². The second kappa shape index (κ2) is 8.41. The summed E-state index contributed by atoms with van der Waals surface area (Å²) in [5.74, 6) is -0.107. The molecule has 2 aromatic heterocycles. The molecule has 0 aromatic carbocycles. The Bertz CT molecular complexity index is 767. The van der Waals surface area contributed by atoms with Crippen LogP contribution in [-0.2, 0) is 16.6 Å². The van der Waals surface area contributed by atoms with E-state index < -0.39 is 6.04 Å². The van der Waals surface area contributed by atoms with Gasteiger partial charge in [-0.1, -0.05) is 12.8 Å². The normalized spacial score (nSPS) is 18.8. The van der Waals surface area contributed by atoms with Gasteiger partial charge >= 0.3 is 0 Å². The highest BCUT2D eigenvalue weighted by molar-refractivity contribution is 5.86. The van der Waals surface area contributed by atoms with Gasteiger partial charge < -0.3 is 14.4 Å². The first-order valence-electron chi connectivity index (χ1n) is 9.64. The van der Waals surface area contributed by atoms with E-state index in [9.17, 15) is 9.59 Å². The first-order valence-corrected chi connectivity index (χ1v) is 9.64. The molecular formula is C20H29N5O2. The quantitative estimate of drug-likeness (QED) is 0.811. The molecule has 2 amide bonds. The van der Waals surface area contributed by atoms with Gasteiger partial charge in [-0.3, -0.25) is 14.3 Å². The highest BCUT2D eigenvalue weighted by atomic mass is 16.2. The van der Waals surface area contributed by atoms with Gasteiger partial charge in [-0.05, 0) is 38.0 Å². The number of hydrogen-bond acceptors (Lipinski definition) is 3. The fourth-order valence-corrected chi connectivity index (χ4v) is 3.85. The average Bonchev–Trinajstić information content (AvgIpc) is 3.27. The summed E-state index contributed by atoms with van der Waals surface area (Å²) in [6.07, 6.45) is 9.65. The Morgan fingerprint density at radius 3 is 2.74 bits per heavy atom. The van der Waals surface area contributed by atoms with E-state index in [0.717, 1.165) is 37.9 Å². The number of aryl methyl sites for hydroxylation is 1. The number of carbonyl (C=O) groups excluding carboxylic acids is 2. The summed E-state index contributed by atoms with van der Waals surface area (Å²) in [7, 11) is 3.71. The number of amides is 2. The lowest BCUT2D eigenvalue weighted by Gasteiger charge is -2.32. The Morgan fingerprint density at radius 1 is 1.26 bits per heavy atom. The molecule has 1 aliphatic rings. The van der Waals surface area contributed by atoms with E-state index in [1.807, 2.05) is 24.2 Å². The molecule has 146 valence electrons. The van der Waals surface area contributed by atoms with Crippen molar-refractivity contribution in [3.63, 3.8) is 0 Å². The maximum Gasteiger partial charge on any atom is 0.247 e. The second-order valence-corrected chi connectivity index (χ2v) is 7.35. The molecule has 1 saturated heterocycles. The van der Waals surface area contributed by atoms with E-state index in [-0.39, 0.29) is 24.4 Å². The molecule has 0 spiro atoms. The van der Waals surface area contributed by atoms with E-state index in [0.29, 0.717) is 0 Å². The van der Waals surface area contributed by atoms with E-state index in [2.05, 4.69) is 15.7 Å². The van der Waals surface area contributed by atoms with Crippen molar-refractivity contribution in [3.05, 3.63) is 42.5 Å². The van der Waals surface area contributed by atoms with Crippen LogP contribution in [0, 0.1) is 0 Å². The van der Waals surface area contributed by atoms with Crippen molar-refractivity contribution in [2.45, 2.75) is 44.7 Å². The molecule has 0 radical (unpaired) electrons. The van der Waals surface area contributed by atoms with Gasteiger partial charge in [0.05, 0.1) is 12.6 Å². The van der Waals surface area contributed by atoms with Gasteiger partial charge in [-0.15, -0.1) is 0 Å². The molecule has 27 heavy (non-hydrogen) atoms. The zero-order chi connectivity index (χ0) is 19.4. The molecule has 2 aromatic rings. The van der Waals surface area contributed by atoms with Crippen LogP contribution in [0.1, 0.15) is 50.4 Å². The Hall–Kier alpha value is -2.57. The van der Waals surface area contributed by atoms with Crippen LogP contribution in [0.2, 0.25) is 0 Å². The summed E-state index contributed by atoms with van der Waals surface area (Å²) in [5.41, 5.74) is 1.16. The lowest BCUT2D eigenvalue weighted by molar-refractivity contribution is -0.142. The molecular weight excluding hydrogens is 342 g/mol. The fraction of sp³-hybridized carbons (Fsp3) is 0.550. The van der Waals surface area contributed by atoms with E-state index in [1.165, 1.54) is 4.90 Å². The number of nitrogens with zero attached hydrogens (tertiary/aromatic N) is 5. The molecule has 0 aliphatic carbocycles. The predicted molar refractivity (Wildman–Crippen MR) is 103 cm³/mol. The van der Waals surface area contributed by atoms with Crippen LogP contribution in [0.25, 0.3) is 0 Å². The van der Waals surface area contributed by atoms with Crippen molar-refractivity contribution in [2.75, 3.05) is 20.1 Å². The van der Waals surface area contributed by atoms with Crippen molar-refractivity contribution in [1.82, 2.24) is 24.1 Å². The largest absolute Gasteiger partial charge is 0.353 e. The molecule has 0 N–H and O–H groups in total. The van der Waals surface area contributed by atoms with Crippen LogP contribution in [0.15, 0.2) is 36.8 Å². The maximum absolute atomic E-state index is 13.1. The summed E-state index contributed by atoms with van der Waals surface area (Å²) < 4.78 is 3.70. The number of carbonyl (C=O) groups is 2. The van der Waals surface area contributed by atoms with Crippen LogP contribution >= 0.6 is 0 Å². The number of likely N-dealkylation sites (N-methyl/N-ethyl adjacent to an activating group) is 1. The van der Waals surface area contributed by atoms with Crippen LogP contribution in [0.3, 0.4) is 0 Å². The minimum absolute atomic E-state index is 0.00613. The fourth-order valence-electron chi connectivity index (χ4n) is 3.85. The van der Waals surface area contributed by atoms with Crippen molar-refractivity contribution in [2.24, 2.45) is 7.05 Å². The van der Waals surface area contributed by atoms with E-state index >= 15 is 0 Å². The molecule has 7 heteroatoms. The van der Waals surface area contributed by atoms with Crippen LogP contribution in [-0.4, -0.2) is 56.1 Å². The third kappa shape index (κ3) is 4.23. The summed E-state index contributed by atoms with van der Waals surface area (Å²) in [4.78, 5) is 29.3. The standard InChI is InChI=1S/C20H29N5O2/c1-16(25-14-8-11-21-25)20(27)23(3)15-19(26)24-13-6-4-5-9-18(24)17-10-7-12-22(17)2/h7-8,10-12,14,16,18H,4-6,9,13,15H2,1-3H3. The number of aromatic nitrogens is 3. The number of rotatable bonds is 5. The lowest BCUT2D eigenvalue weighted by atomic mass is 10.1. The van der Waals surface area contributed by atoms with Gasteiger partial charge in [0.15, 0.2) is 0 Å².